The molecule has 1 aromatic rings. The van der Waals surface area contributed by atoms with Gasteiger partial charge < -0.3 is 14.7 Å². The van der Waals surface area contributed by atoms with Gasteiger partial charge in [-0.3, -0.25) is 4.79 Å². The molecule has 0 aromatic heterocycles. The van der Waals surface area contributed by atoms with Gasteiger partial charge in [-0.05, 0) is 30.2 Å². The molecule has 1 amide bonds. The minimum Gasteiger partial charge on any atom is -0.481 e. The van der Waals surface area contributed by atoms with E-state index in [0.717, 1.165) is 5.56 Å². The van der Waals surface area contributed by atoms with Crippen LogP contribution in [-0.2, 0) is 16.1 Å². The number of amides is 1. The topological polar surface area (TPSA) is 66.8 Å². The van der Waals surface area contributed by atoms with Crippen molar-refractivity contribution in [2.45, 2.75) is 19.4 Å². The Hall–Kier alpha value is -2.04. The molecule has 1 saturated heterocycles. The lowest BCUT2D eigenvalue weighted by molar-refractivity contribution is -0.141. The summed E-state index contributed by atoms with van der Waals surface area (Å²) < 4.78 is 5.32. The Morgan fingerprint density at radius 3 is 2.33 bits per heavy atom. The van der Waals surface area contributed by atoms with Gasteiger partial charge in [0.15, 0.2) is 0 Å². The molecule has 1 unspecified atom stereocenters. The highest BCUT2D eigenvalue weighted by molar-refractivity contribution is 5.71. The number of rotatable bonds is 3. The summed E-state index contributed by atoms with van der Waals surface area (Å²) in [6.07, 6.45) is 1.07. The summed E-state index contributed by atoms with van der Waals surface area (Å²) in [4.78, 5) is 24.8. The van der Waals surface area contributed by atoms with Crippen molar-refractivity contribution in [3.63, 3.8) is 0 Å². The monoisotopic (exact) mass is 289 g/mol. The van der Waals surface area contributed by atoms with Crippen molar-refractivity contribution in [3.05, 3.63) is 35.9 Å². The lowest BCUT2D eigenvalue weighted by atomic mass is 10.0. The Labute approximate surface area is 123 Å². The number of benzene rings is 1. The number of fused-ring (bicyclic) bond motifs is 1. The Morgan fingerprint density at radius 2 is 1.76 bits per heavy atom. The average Bonchev–Trinajstić information content (AvgIpc) is 3.04. The van der Waals surface area contributed by atoms with Crippen LogP contribution in [0.4, 0.5) is 4.79 Å². The molecular weight excluding hydrogens is 270 g/mol. The number of carbonyl (C=O) groups excluding carboxylic acids is 1. The average molecular weight is 289 g/mol. The predicted octanol–water partition coefficient (Wildman–Crippen LogP) is 2.37. The van der Waals surface area contributed by atoms with E-state index in [0.29, 0.717) is 37.8 Å². The van der Waals surface area contributed by atoms with Crippen molar-refractivity contribution >= 4 is 12.1 Å². The molecule has 0 bridgehead atoms. The molecule has 3 atom stereocenters. The van der Waals surface area contributed by atoms with Gasteiger partial charge in [0, 0.05) is 13.1 Å². The van der Waals surface area contributed by atoms with Crippen LogP contribution in [0.2, 0.25) is 0 Å². The number of likely N-dealkylation sites (tertiary alicyclic amines) is 1. The minimum atomic E-state index is -0.706. The molecule has 5 heteroatoms. The quantitative estimate of drug-likeness (QED) is 0.927. The highest BCUT2D eigenvalue weighted by atomic mass is 16.6. The summed E-state index contributed by atoms with van der Waals surface area (Å²) in [5, 5.41) is 9.05. The number of hydrogen-bond donors (Lipinski definition) is 1. The predicted molar refractivity (Wildman–Crippen MR) is 75.5 cm³/mol. The van der Waals surface area contributed by atoms with Gasteiger partial charge >= 0.3 is 12.1 Å². The Balaban J connectivity index is 1.49. The molecule has 112 valence electrons. The normalized spacial score (nSPS) is 27.4. The van der Waals surface area contributed by atoms with Crippen molar-refractivity contribution in [3.8, 4) is 0 Å². The zero-order valence-electron chi connectivity index (χ0n) is 11.8. The summed E-state index contributed by atoms with van der Waals surface area (Å²) in [5.74, 6) is -0.309. The molecule has 1 N–H and O–H groups in total. The first kappa shape index (κ1) is 13.9. The SMILES string of the molecule is O=C(O)C1C[C@@H]2CN(C(=O)OCc3ccccc3)C[C@@H]2C1. The first-order valence-corrected chi connectivity index (χ1v) is 7.32. The second-order valence-electron chi connectivity index (χ2n) is 5.97. The van der Waals surface area contributed by atoms with E-state index in [1.807, 2.05) is 30.3 Å². The second-order valence-corrected chi connectivity index (χ2v) is 5.97. The molecule has 5 nitrogen and oxygen atoms in total. The van der Waals surface area contributed by atoms with E-state index in [4.69, 9.17) is 9.84 Å². The van der Waals surface area contributed by atoms with E-state index < -0.39 is 5.97 Å². The fourth-order valence-electron chi connectivity index (χ4n) is 3.46. The van der Waals surface area contributed by atoms with Crippen molar-refractivity contribution in [1.29, 1.82) is 0 Å². The van der Waals surface area contributed by atoms with E-state index in [-0.39, 0.29) is 18.6 Å². The van der Waals surface area contributed by atoms with Crippen LogP contribution in [0.1, 0.15) is 18.4 Å². The molecule has 1 saturated carbocycles. The van der Waals surface area contributed by atoms with Crippen molar-refractivity contribution in [2.75, 3.05) is 13.1 Å². The first-order valence-electron chi connectivity index (χ1n) is 7.32. The van der Waals surface area contributed by atoms with E-state index in [1.54, 1.807) is 4.90 Å². The molecular formula is C16H19NO4. The van der Waals surface area contributed by atoms with Crippen LogP contribution < -0.4 is 0 Å². The van der Waals surface area contributed by atoms with Crippen LogP contribution in [0.5, 0.6) is 0 Å². The summed E-state index contributed by atoms with van der Waals surface area (Å²) >= 11 is 0. The molecule has 1 aromatic carbocycles. The zero-order chi connectivity index (χ0) is 14.8. The van der Waals surface area contributed by atoms with E-state index in [2.05, 4.69) is 0 Å². The van der Waals surface area contributed by atoms with Crippen LogP contribution >= 0.6 is 0 Å². The van der Waals surface area contributed by atoms with Crippen molar-refractivity contribution in [2.24, 2.45) is 17.8 Å². The number of nitrogens with zero attached hydrogens (tertiary/aromatic N) is 1. The Kier molecular flexibility index (Phi) is 3.82. The van der Waals surface area contributed by atoms with Gasteiger partial charge in [-0.2, -0.15) is 0 Å². The number of ether oxygens (including phenoxy) is 1. The fraction of sp³-hybridized carbons (Fsp3) is 0.500. The zero-order valence-corrected chi connectivity index (χ0v) is 11.8. The van der Waals surface area contributed by atoms with E-state index in [9.17, 15) is 9.59 Å². The molecule has 1 heterocycles. The summed E-state index contributed by atoms with van der Waals surface area (Å²) in [7, 11) is 0. The Bertz CT molecular complexity index is 516. The Morgan fingerprint density at radius 1 is 1.14 bits per heavy atom. The molecule has 21 heavy (non-hydrogen) atoms. The molecule has 0 spiro atoms. The van der Waals surface area contributed by atoms with Crippen molar-refractivity contribution in [1.82, 2.24) is 4.90 Å². The number of hydrogen-bond acceptors (Lipinski definition) is 3. The number of carboxylic acid groups (broad SMARTS) is 1. The molecule has 2 aliphatic rings. The van der Waals surface area contributed by atoms with Crippen molar-refractivity contribution < 1.29 is 19.4 Å². The third kappa shape index (κ3) is 3.01. The fourth-order valence-corrected chi connectivity index (χ4v) is 3.46. The van der Waals surface area contributed by atoms with E-state index >= 15 is 0 Å². The van der Waals surface area contributed by atoms with Gasteiger partial charge in [0.25, 0.3) is 0 Å². The van der Waals surface area contributed by atoms with Crippen LogP contribution in [0, 0.1) is 17.8 Å². The third-order valence-corrected chi connectivity index (χ3v) is 4.56. The van der Waals surface area contributed by atoms with E-state index in [1.165, 1.54) is 0 Å². The molecule has 2 fully saturated rings. The van der Waals surface area contributed by atoms with Gasteiger partial charge in [0.2, 0.25) is 0 Å². The lowest BCUT2D eigenvalue weighted by Crippen LogP contribution is -2.30. The van der Waals surface area contributed by atoms with Gasteiger partial charge in [-0.15, -0.1) is 0 Å². The molecule has 1 aliphatic heterocycles. The minimum absolute atomic E-state index is 0.234. The van der Waals surface area contributed by atoms with Crippen LogP contribution in [0.3, 0.4) is 0 Å². The molecule has 3 rings (SSSR count). The van der Waals surface area contributed by atoms with Gasteiger partial charge in [-0.1, -0.05) is 30.3 Å². The standard InChI is InChI=1S/C16H19NO4/c18-15(19)12-6-13-8-17(9-14(13)7-12)16(20)21-10-11-4-2-1-3-5-11/h1-5,12-14H,6-10H2,(H,18,19)/t12?,13-,14+. The van der Waals surface area contributed by atoms with Gasteiger partial charge in [0.05, 0.1) is 5.92 Å². The van der Waals surface area contributed by atoms with Crippen LogP contribution in [0.15, 0.2) is 30.3 Å². The van der Waals surface area contributed by atoms with Crippen LogP contribution in [0.25, 0.3) is 0 Å². The summed E-state index contributed by atoms with van der Waals surface area (Å²) in [6.45, 7) is 1.54. The van der Waals surface area contributed by atoms with Gasteiger partial charge in [0.1, 0.15) is 6.61 Å². The maximum absolute atomic E-state index is 12.1. The van der Waals surface area contributed by atoms with Gasteiger partial charge in [-0.25, -0.2) is 4.79 Å². The second kappa shape index (κ2) is 5.76. The lowest BCUT2D eigenvalue weighted by Gasteiger charge is -2.18. The maximum Gasteiger partial charge on any atom is 0.410 e. The highest BCUT2D eigenvalue weighted by Gasteiger charge is 2.44. The number of aliphatic carboxylic acids is 1. The highest BCUT2D eigenvalue weighted by Crippen LogP contribution is 2.41. The summed E-state index contributed by atoms with van der Waals surface area (Å²) in [5.41, 5.74) is 0.969. The maximum atomic E-state index is 12.1. The number of carboxylic acids is 1. The molecule has 0 radical (unpaired) electrons. The summed E-state index contributed by atoms with van der Waals surface area (Å²) in [6, 6.07) is 9.59. The van der Waals surface area contributed by atoms with Crippen LogP contribution in [-0.4, -0.2) is 35.2 Å². The number of carbonyl (C=O) groups is 2. The third-order valence-electron chi connectivity index (χ3n) is 4.56. The smallest absolute Gasteiger partial charge is 0.410 e. The largest absolute Gasteiger partial charge is 0.481 e. The first-order chi connectivity index (χ1) is 10.1. The molecule has 1 aliphatic carbocycles.